The van der Waals surface area contributed by atoms with Gasteiger partial charge in [-0.3, -0.25) is 4.79 Å². The van der Waals surface area contributed by atoms with Crippen LogP contribution < -0.4 is 5.32 Å². The van der Waals surface area contributed by atoms with E-state index in [2.05, 4.69) is 29.4 Å². The molecule has 1 N–H and O–H groups in total. The first kappa shape index (κ1) is 15.5. The van der Waals surface area contributed by atoms with E-state index >= 15 is 0 Å². The van der Waals surface area contributed by atoms with Crippen LogP contribution in [0.5, 0.6) is 0 Å². The molecule has 1 amide bonds. The number of carbonyl (C=O) groups excluding carboxylic acids is 1. The Hall–Kier alpha value is -2.36. The highest BCUT2D eigenvalue weighted by Gasteiger charge is 2.18. The highest BCUT2D eigenvalue weighted by molar-refractivity contribution is 5.92. The van der Waals surface area contributed by atoms with Gasteiger partial charge in [0.05, 0.1) is 11.9 Å². The first-order valence-corrected chi connectivity index (χ1v) is 8.31. The molecule has 2 aromatic rings. The molecule has 0 saturated carbocycles. The monoisotopic (exact) mass is 309 g/mol. The van der Waals surface area contributed by atoms with Gasteiger partial charge in [0.1, 0.15) is 5.69 Å². The average molecular weight is 309 g/mol. The maximum absolute atomic E-state index is 12.5. The molecule has 1 aromatic carbocycles. The Kier molecular flexibility index (Phi) is 4.91. The first-order valence-electron chi connectivity index (χ1n) is 8.31. The maximum atomic E-state index is 12.5. The van der Waals surface area contributed by atoms with Gasteiger partial charge in [-0.25, -0.2) is 4.98 Å². The van der Waals surface area contributed by atoms with E-state index in [-0.39, 0.29) is 5.91 Å². The molecule has 1 aliphatic heterocycles. The lowest BCUT2D eigenvalue weighted by atomic mass is 10.2. The minimum absolute atomic E-state index is 0.0500. The molecule has 1 fully saturated rings. The van der Waals surface area contributed by atoms with Crippen molar-refractivity contribution in [3.8, 4) is 0 Å². The number of hydrogen-bond donors (Lipinski definition) is 1. The van der Waals surface area contributed by atoms with E-state index in [0.717, 1.165) is 37.3 Å². The zero-order chi connectivity index (χ0) is 16.1. The molecule has 0 aliphatic carbocycles. The molecule has 23 heavy (non-hydrogen) atoms. The van der Waals surface area contributed by atoms with Gasteiger partial charge in [0.2, 0.25) is 0 Å². The molecule has 1 saturated heterocycles. The Balaban J connectivity index is 1.67. The summed E-state index contributed by atoms with van der Waals surface area (Å²) in [4.78, 5) is 18.8. The zero-order valence-corrected chi connectivity index (χ0v) is 13.6. The molecule has 0 bridgehead atoms. The van der Waals surface area contributed by atoms with Gasteiger partial charge in [-0.05, 0) is 49.6 Å². The van der Waals surface area contributed by atoms with E-state index in [9.17, 15) is 4.79 Å². The van der Waals surface area contributed by atoms with Crippen LogP contribution >= 0.6 is 0 Å². The van der Waals surface area contributed by atoms with Crippen LogP contribution in [-0.2, 0) is 0 Å². The SMILES string of the molecule is Cc1cccc(Nc2ccc(C(=O)N3CCCCCC3)nc2)c1. The van der Waals surface area contributed by atoms with E-state index in [0.29, 0.717) is 5.69 Å². The molecule has 120 valence electrons. The van der Waals surface area contributed by atoms with Crippen molar-refractivity contribution in [1.29, 1.82) is 0 Å². The van der Waals surface area contributed by atoms with E-state index in [1.165, 1.54) is 18.4 Å². The molecule has 0 radical (unpaired) electrons. The molecule has 1 aliphatic rings. The lowest BCUT2D eigenvalue weighted by molar-refractivity contribution is 0.0756. The number of pyridine rings is 1. The largest absolute Gasteiger partial charge is 0.354 e. The average Bonchev–Trinajstić information content (AvgIpc) is 2.84. The number of aromatic nitrogens is 1. The molecule has 4 heteroatoms. The van der Waals surface area contributed by atoms with Gasteiger partial charge in [-0.15, -0.1) is 0 Å². The molecule has 2 heterocycles. The van der Waals surface area contributed by atoms with E-state index in [4.69, 9.17) is 0 Å². The third-order valence-electron chi connectivity index (χ3n) is 4.18. The van der Waals surface area contributed by atoms with Gasteiger partial charge in [-0.2, -0.15) is 0 Å². The van der Waals surface area contributed by atoms with Crippen LogP contribution in [0.3, 0.4) is 0 Å². The van der Waals surface area contributed by atoms with Crippen molar-refractivity contribution >= 4 is 17.3 Å². The Bertz CT molecular complexity index is 659. The Morgan fingerprint density at radius 3 is 2.48 bits per heavy atom. The van der Waals surface area contributed by atoms with Gasteiger partial charge in [-0.1, -0.05) is 25.0 Å². The van der Waals surface area contributed by atoms with Crippen molar-refractivity contribution in [3.63, 3.8) is 0 Å². The van der Waals surface area contributed by atoms with Crippen LogP contribution in [-0.4, -0.2) is 28.9 Å². The third-order valence-corrected chi connectivity index (χ3v) is 4.18. The fourth-order valence-corrected chi connectivity index (χ4v) is 2.92. The maximum Gasteiger partial charge on any atom is 0.272 e. The Morgan fingerprint density at radius 1 is 1.04 bits per heavy atom. The summed E-state index contributed by atoms with van der Waals surface area (Å²) < 4.78 is 0. The molecule has 0 unspecified atom stereocenters. The van der Waals surface area contributed by atoms with E-state index in [1.807, 2.05) is 29.2 Å². The second-order valence-electron chi connectivity index (χ2n) is 6.13. The molecule has 0 atom stereocenters. The summed E-state index contributed by atoms with van der Waals surface area (Å²) in [5.41, 5.74) is 3.65. The van der Waals surface area contributed by atoms with Crippen LogP contribution in [0.2, 0.25) is 0 Å². The second kappa shape index (κ2) is 7.27. The molecule has 4 nitrogen and oxygen atoms in total. The quantitative estimate of drug-likeness (QED) is 0.926. The van der Waals surface area contributed by atoms with Crippen LogP contribution in [0.1, 0.15) is 41.7 Å². The van der Waals surface area contributed by atoms with Gasteiger partial charge < -0.3 is 10.2 Å². The van der Waals surface area contributed by atoms with E-state index < -0.39 is 0 Å². The number of carbonyl (C=O) groups is 1. The first-order chi connectivity index (χ1) is 11.2. The Labute approximate surface area is 137 Å². The normalized spacial score (nSPS) is 15.1. The number of rotatable bonds is 3. The summed E-state index contributed by atoms with van der Waals surface area (Å²) in [5.74, 6) is 0.0500. The second-order valence-corrected chi connectivity index (χ2v) is 6.13. The molecule has 0 spiro atoms. The number of benzene rings is 1. The van der Waals surface area contributed by atoms with Crippen LogP contribution in [0.15, 0.2) is 42.6 Å². The summed E-state index contributed by atoms with van der Waals surface area (Å²) in [7, 11) is 0. The molecule has 3 rings (SSSR count). The van der Waals surface area contributed by atoms with Gasteiger partial charge in [0.15, 0.2) is 0 Å². The van der Waals surface area contributed by atoms with Gasteiger partial charge in [0.25, 0.3) is 5.91 Å². The van der Waals surface area contributed by atoms with Crippen molar-refractivity contribution in [2.75, 3.05) is 18.4 Å². The number of nitrogens with one attached hydrogen (secondary N) is 1. The molecule has 1 aromatic heterocycles. The smallest absolute Gasteiger partial charge is 0.272 e. The molecular formula is C19H23N3O. The minimum Gasteiger partial charge on any atom is -0.354 e. The lowest BCUT2D eigenvalue weighted by Crippen LogP contribution is -2.32. The topological polar surface area (TPSA) is 45.2 Å². The predicted molar refractivity (Wildman–Crippen MR) is 93.1 cm³/mol. The fourth-order valence-electron chi connectivity index (χ4n) is 2.92. The highest BCUT2D eigenvalue weighted by atomic mass is 16.2. The Morgan fingerprint density at radius 2 is 1.83 bits per heavy atom. The number of nitrogens with zero attached hydrogens (tertiary/aromatic N) is 2. The lowest BCUT2D eigenvalue weighted by Gasteiger charge is -2.19. The summed E-state index contributed by atoms with van der Waals surface area (Å²) in [6, 6.07) is 11.9. The highest BCUT2D eigenvalue weighted by Crippen LogP contribution is 2.18. The van der Waals surface area contributed by atoms with Gasteiger partial charge in [0, 0.05) is 18.8 Å². The number of amides is 1. The van der Waals surface area contributed by atoms with E-state index in [1.54, 1.807) is 6.20 Å². The van der Waals surface area contributed by atoms with Crippen molar-refractivity contribution in [3.05, 3.63) is 53.9 Å². The number of likely N-dealkylation sites (tertiary alicyclic amines) is 1. The van der Waals surface area contributed by atoms with Crippen molar-refractivity contribution < 1.29 is 4.79 Å². The van der Waals surface area contributed by atoms with Crippen LogP contribution in [0, 0.1) is 6.92 Å². The zero-order valence-electron chi connectivity index (χ0n) is 13.6. The minimum atomic E-state index is 0.0500. The number of anilines is 2. The third kappa shape index (κ3) is 4.09. The van der Waals surface area contributed by atoms with Crippen molar-refractivity contribution in [2.24, 2.45) is 0 Å². The standard InChI is InChI=1S/C19H23N3O/c1-15-7-6-8-16(13-15)21-17-9-10-18(20-14-17)19(23)22-11-4-2-3-5-12-22/h6-10,13-14,21H,2-5,11-12H2,1H3. The summed E-state index contributed by atoms with van der Waals surface area (Å²) >= 11 is 0. The van der Waals surface area contributed by atoms with Crippen molar-refractivity contribution in [2.45, 2.75) is 32.6 Å². The van der Waals surface area contributed by atoms with Crippen LogP contribution in [0.25, 0.3) is 0 Å². The number of hydrogen-bond acceptors (Lipinski definition) is 3. The number of aryl methyl sites for hydroxylation is 1. The fraction of sp³-hybridized carbons (Fsp3) is 0.368. The summed E-state index contributed by atoms with van der Waals surface area (Å²) in [5, 5.41) is 3.31. The summed E-state index contributed by atoms with van der Waals surface area (Å²) in [6.45, 7) is 3.76. The van der Waals surface area contributed by atoms with Gasteiger partial charge >= 0.3 is 0 Å². The predicted octanol–water partition coefficient (Wildman–Crippen LogP) is 4.15. The van der Waals surface area contributed by atoms with Crippen LogP contribution in [0.4, 0.5) is 11.4 Å². The van der Waals surface area contributed by atoms with Crippen molar-refractivity contribution in [1.82, 2.24) is 9.88 Å². The summed E-state index contributed by atoms with van der Waals surface area (Å²) in [6.07, 6.45) is 6.36. The molecular weight excluding hydrogens is 286 g/mol.